The monoisotopic (exact) mass is 340 g/mol. The van der Waals surface area contributed by atoms with Gasteiger partial charge >= 0.3 is 0 Å². The lowest BCUT2D eigenvalue weighted by atomic mass is 10.1. The van der Waals surface area contributed by atoms with Crippen molar-refractivity contribution in [1.29, 1.82) is 0 Å². The molecule has 0 fully saturated rings. The fourth-order valence-corrected chi connectivity index (χ4v) is 2.49. The Morgan fingerprint density at radius 1 is 0.391 bits per heavy atom. The number of rotatable bonds is 16. The van der Waals surface area contributed by atoms with Crippen LogP contribution in [0.3, 0.4) is 0 Å². The van der Waals surface area contributed by atoms with Crippen LogP contribution in [-0.4, -0.2) is 46.5 Å². The van der Waals surface area contributed by atoms with E-state index < -0.39 is 0 Å². The zero-order chi connectivity index (χ0) is 16.7. The summed E-state index contributed by atoms with van der Waals surface area (Å²) in [4.78, 5) is 0. The molecule has 0 aromatic heterocycles. The summed E-state index contributed by atoms with van der Waals surface area (Å²) in [5.41, 5.74) is 0. The Labute approximate surface area is 163 Å². The number of hydrogen-bond donors (Lipinski definition) is 2. The van der Waals surface area contributed by atoms with E-state index >= 15 is 0 Å². The van der Waals surface area contributed by atoms with E-state index in [9.17, 15) is 0 Å². The molecule has 0 aromatic rings. The Bertz CT molecular complexity index is 132. The van der Waals surface area contributed by atoms with Crippen LogP contribution in [0.1, 0.15) is 117 Å². The molecule has 23 heavy (non-hydrogen) atoms. The van der Waals surface area contributed by atoms with Crippen molar-refractivity contribution >= 4 is 23.1 Å². The average Bonchev–Trinajstić information content (AvgIpc) is 2.54. The summed E-state index contributed by atoms with van der Waals surface area (Å²) in [6, 6.07) is 0. The quantitative estimate of drug-likeness (QED) is 0.273. The van der Waals surface area contributed by atoms with Gasteiger partial charge in [0, 0.05) is 36.3 Å². The second-order valence-electron chi connectivity index (χ2n) is 6.40. The van der Waals surface area contributed by atoms with E-state index in [1.807, 2.05) is 0 Å². The minimum Gasteiger partial charge on any atom is -0.396 e. The van der Waals surface area contributed by atoms with Crippen molar-refractivity contribution in [2.24, 2.45) is 0 Å². The first kappa shape index (κ1) is 28.5. The fourth-order valence-electron chi connectivity index (χ4n) is 2.49. The molecular formula is C20H44MgO2. The van der Waals surface area contributed by atoms with Crippen LogP contribution in [0.15, 0.2) is 0 Å². The molecule has 3 heteroatoms. The van der Waals surface area contributed by atoms with Gasteiger partial charge in [-0.05, 0) is 12.8 Å². The molecule has 0 amide bonds. The summed E-state index contributed by atoms with van der Waals surface area (Å²) in [5, 5.41) is 17.0. The number of unbranched alkanes of at least 4 members (excludes halogenated alkanes) is 14. The van der Waals surface area contributed by atoms with Crippen molar-refractivity contribution in [2.45, 2.75) is 117 Å². The van der Waals surface area contributed by atoms with E-state index in [-0.39, 0.29) is 23.1 Å². The molecule has 0 unspecified atom stereocenters. The third kappa shape index (κ3) is 34.9. The van der Waals surface area contributed by atoms with Gasteiger partial charge in [0.05, 0.1) is 0 Å². The predicted octanol–water partition coefficient (Wildman–Crippen LogP) is 5.86. The zero-order valence-electron chi connectivity index (χ0n) is 16.3. The molecular weight excluding hydrogens is 297 g/mol. The summed E-state index contributed by atoms with van der Waals surface area (Å²) >= 11 is 0. The second-order valence-corrected chi connectivity index (χ2v) is 6.40. The van der Waals surface area contributed by atoms with Gasteiger partial charge in [-0.15, -0.1) is 0 Å². The summed E-state index contributed by atoms with van der Waals surface area (Å²) in [7, 11) is 0. The number of aliphatic hydroxyl groups is 2. The minimum atomic E-state index is 0. The Morgan fingerprint density at radius 3 is 0.826 bits per heavy atom. The molecule has 0 saturated carbocycles. The molecule has 2 nitrogen and oxygen atoms in total. The van der Waals surface area contributed by atoms with Gasteiger partial charge in [0.2, 0.25) is 0 Å². The first-order valence-electron chi connectivity index (χ1n) is 10.0. The van der Waals surface area contributed by atoms with Crippen LogP contribution in [0.25, 0.3) is 0 Å². The zero-order valence-corrected chi connectivity index (χ0v) is 17.7. The fraction of sp³-hybridized carbons (Fsp3) is 1.00. The SMILES string of the molecule is CCCCCCCCCCO.CCCCCCCCCCO.[Mg]. The lowest BCUT2D eigenvalue weighted by Crippen LogP contribution is -1.83. The summed E-state index contributed by atoms with van der Waals surface area (Å²) in [6.07, 6.45) is 20.8. The molecule has 0 aliphatic heterocycles. The van der Waals surface area contributed by atoms with Crippen LogP contribution >= 0.6 is 0 Å². The van der Waals surface area contributed by atoms with Crippen LogP contribution in [-0.2, 0) is 0 Å². The van der Waals surface area contributed by atoms with E-state index in [0.29, 0.717) is 13.2 Å². The van der Waals surface area contributed by atoms with Crippen LogP contribution in [0, 0.1) is 0 Å². The molecule has 0 bridgehead atoms. The van der Waals surface area contributed by atoms with Gasteiger partial charge in [-0.1, -0.05) is 104 Å². The van der Waals surface area contributed by atoms with E-state index in [0.717, 1.165) is 12.8 Å². The maximum absolute atomic E-state index is 8.51. The summed E-state index contributed by atoms with van der Waals surface area (Å²) in [6.45, 7) is 5.22. The Hall–Kier alpha value is 0.686. The standard InChI is InChI=1S/2C10H22O.Mg/c2*1-2-3-4-5-6-7-8-9-10-11;/h2*11H,2-10H2,1H3;. The summed E-state index contributed by atoms with van der Waals surface area (Å²) in [5.74, 6) is 0. The maximum Gasteiger partial charge on any atom is 0.0431 e. The largest absolute Gasteiger partial charge is 0.396 e. The van der Waals surface area contributed by atoms with Crippen LogP contribution in [0.5, 0.6) is 0 Å². The smallest absolute Gasteiger partial charge is 0.0431 e. The molecule has 0 aliphatic carbocycles. The third-order valence-corrected chi connectivity index (χ3v) is 4.02. The van der Waals surface area contributed by atoms with Crippen molar-refractivity contribution < 1.29 is 10.2 Å². The third-order valence-electron chi connectivity index (χ3n) is 4.02. The van der Waals surface area contributed by atoms with Gasteiger partial charge in [-0.2, -0.15) is 0 Å². The van der Waals surface area contributed by atoms with E-state index in [1.165, 1.54) is 89.9 Å². The van der Waals surface area contributed by atoms with Crippen molar-refractivity contribution in [3.63, 3.8) is 0 Å². The molecule has 0 heterocycles. The molecule has 2 N–H and O–H groups in total. The van der Waals surface area contributed by atoms with E-state index in [1.54, 1.807) is 0 Å². The Kier molecular flexibility index (Phi) is 37.8. The molecule has 0 saturated heterocycles. The summed E-state index contributed by atoms with van der Waals surface area (Å²) < 4.78 is 0. The Morgan fingerprint density at radius 2 is 0.609 bits per heavy atom. The highest BCUT2D eigenvalue weighted by Crippen LogP contribution is 2.08. The first-order valence-corrected chi connectivity index (χ1v) is 10.0. The van der Waals surface area contributed by atoms with Gasteiger partial charge < -0.3 is 10.2 Å². The highest BCUT2D eigenvalue weighted by atomic mass is 24.3. The Balaban J connectivity index is -0.000000333. The van der Waals surface area contributed by atoms with Crippen LogP contribution < -0.4 is 0 Å². The van der Waals surface area contributed by atoms with Crippen molar-refractivity contribution in [1.82, 2.24) is 0 Å². The van der Waals surface area contributed by atoms with E-state index in [2.05, 4.69) is 13.8 Å². The molecule has 0 aliphatic rings. The lowest BCUT2D eigenvalue weighted by Gasteiger charge is -1.98. The molecule has 0 rings (SSSR count). The first-order chi connectivity index (χ1) is 10.8. The highest BCUT2D eigenvalue weighted by Gasteiger charge is 1.90. The van der Waals surface area contributed by atoms with Gasteiger partial charge in [0.1, 0.15) is 0 Å². The van der Waals surface area contributed by atoms with Crippen LogP contribution in [0.2, 0.25) is 0 Å². The van der Waals surface area contributed by atoms with Crippen molar-refractivity contribution in [2.75, 3.05) is 13.2 Å². The number of aliphatic hydroxyl groups excluding tert-OH is 2. The molecule has 0 atom stereocenters. The number of hydrogen-bond acceptors (Lipinski definition) is 2. The molecule has 0 aromatic carbocycles. The topological polar surface area (TPSA) is 40.5 Å². The van der Waals surface area contributed by atoms with Crippen molar-refractivity contribution in [3.8, 4) is 0 Å². The lowest BCUT2D eigenvalue weighted by molar-refractivity contribution is 0.282. The highest BCUT2D eigenvalue weighted by molar-refractivity contribution is 5.75. The van der Waals surface area contributed by atoms with E-state index in [4.69, 9.17) is 10.2 Å². The average molecular weight is 341 g/mol. The van der Waals surface area contributed by atoms with Crippen LogP contribution in [0.4, 0.5) is 0 Å². The van der Waals surface area contributed by atoms with Gasteiger partial charge in [0.15, 0.2) is 0 Å². The second kappa shape index (κ2) is 30.6. The normalized spacial score (nSPS) is 9.91. The predicted molar refractivity (Wildman–Crippen MR) is 105 cm³/mol. The molecule has 138 valence electrons. The van der Waals surface area contributed by atoms with Gasteiger partial charge in [-0.25, -0.2) is 0 Å². The van der Waals surface area contributed by atoms with Crippen molar-refractivity contribution in [3.05, 3.63) is 0 Å². The maximum atomic E-state index is 8.51. The minimum absolute atomic E-state index is 0. The molecule has 0 spiro atoms. The molecule has 2 radical (unpaired) electrons. The van der Waals surface area contributed by atoms with Gasteiger partial charge in [0.25, 0.3) is 0 Å². The van der Waals surface area contributed by atoms with Gasteiger partial charge in [-0.3, -0.25) is 0 Å².